The van der Waals surface area contributed by atoms with Gasteiger partial charge in [0.25, 0.3) is 0 Å². The van der Waals surface area contributed by atoms with Gasteiger partial charge in [-0.2, -0.15) is 18.2 Å². The predicted octanol–water partition coefficient (Wildman–Crippen LogP) is 3.31. The average Bonchev–Trinajstić information content (AvgIpc) is 2.82. The van der Waals surface area contributed by atoms with Crippen LogP contribution in [0.4, 0.5) is 19.1 Å². The van der Waals surface area contributed by atoms with Crippen LogP contribution in [0.5, 0.6) is 0 Å². The van der Waals surface area contributed by atoms with E-state index in [1.54, 1.807) is 32.3 Å². The summed E-state index contributed by atoms with van der Waals surface area (Å²) < 4.78 is 43.3. The molecule has 172 valence electrons. The fourth-order valence-corrected chi connectivity index (χ4v) is 3.79. The van der Waals surface area contributed by atoms with E-state index >= 15 is 0 Å². The van der Waals surface area contributed by atoms with Crippen molar-refractivity contribution in [1.29, 1.82) is 0 Å². The van der Waals surface area contributed by atoms with Gasteiger partial charge in [-0.25, -0.2) is 9.97 Å². The Morgan fingerprint density at radius 1 is 1.24 bits per heavy atom. The van der Waals surface area contributed by atoms with E-state index in [2.05, 4.69) is 31.5 Å². The minimum Gasteiger partial charge on any atom is -0.371 e. The summed E-state index contributed by atoms with van der Waals surface area (Å²) in [4.78, 5) is 24.5. The Balaban J connectivity index is 1.96. The molecule has 1 atom stereocenters. The molecule has 3 heterocycles. The highest BCUT2D eigenvalue weighted by Gasteiger charge is 2.55. The number of dihydropyridines is 1. The number of pyridine rings is 1. The number of anilines is 1. The second kappa shape index (κ2) is 8.19. The summed E-state index contributed by atoms with van der Waals surface area (Å²) in [6, 6.07) is 5.99. The molecule has 1 aromatic carbocycles. The van der Waals surface area contributed by atoms with E-state index in [1.165, 1.54) is 18.2 Å². The number of nitrogens with two attached hydrogens (primary N) is 1. The van der Waals surface area contributed by atoms with Crippen LogP contribution in [0.2, 0.25) is 0 Å². The van der Waals surface area contributed by atoms with E-state index in [4.69, 9.17) is 12.2 Å². The van der Waals surface area contributed by atoms with Gasteiger partial charge in [0.2, 0.25) is 11.9 Å². The first kappa shape index (κ1) is 22.8. The first-order chi connectivity index (χ1) is 16.1. The minimum atomic E-state index is -4.79. The zero-order chi connectivity index (χ0) is 24.7. The molecule has 10 heteroatoms. The summed E-state index contributed by atoms with van der Waals surface area (Å²) in [7, 11) is 1.66. The zero-order valence-corrected chi connectivity index (χ0v) is 18.2. The van der Waals surface area contributed by atoms with Gasteiger partial charge >= 0.3 is 6.18 Å². The zero-order valence-electron chi connectivity index (χ0n) is 18.2. The normalized spacial score (nSPS) is 17.6. The largest absolute Gasteiger partial charge is 0.419 e. The molecule has 0 bridgehead atoms. The lowest BCUT2D eigenvalue weighted by Crippen LogP contribution is -2.52. The van der Waals surface area contributed by atoms with Gasteiger partial charge in [0.05, 0.1) is 0 Å². The van der Waals surface area contributed by atoms with Crippen molar-refractivity contribution in [2.45, 2.75) is 18.6 Å². The topological polar surface area (TPSA) is 106 Å². The first-order valence-corrected chi connectivity index (χ1v) is 10.1. The number of terminal acetylenes is 1. The minimum absolute atomic E-state index is 0.145. The maximum absolute atomic E-state index is 14.4. The van der Waals surface area contributed by atoms with Crippen LogP contribution in [0.1, 0.15) is 16.8 Å². The molecule has 0 radical (unpaired) electrons. The molecule has 1 aliphatic rings. The second-order valence-electron chi connectivity index (χ2n) is 7.66. The third kappa shape index (κ3) is 3.71. The van der Waals surface area contributed by atoms with Gasteiger partial charge in [-0.15, -0.1) is 6.42 Å². The van der Waals surface area contributed by atoms with Gasteiger partial charge in [0.15, 0.2) is 11.2 Å². The molecule has 4 N–H and O–H groups in total. The molecule has 0 saturated heterocycles. The van der Waals surface area contributed by atoms with Gasteiger partial charge in [0.1, 0.15) is 5.69 Å². The number of carbonyl (C=O) groups excluding carboxylic acids is 1. The number of nitrogens with one attached hydrogen (secondary N) is 2. The van der Waals surface area contributed by atoms with Crippen LogP contribution >= 0.6 is 0 Å². The van der Waals surface area contributed by atoms with E-state index in [9.17, 15) is 18.0 Å². The molecule has 1 aliphatic heterocycles. The molecule has 0 spiro atoms. The highest BCUT2D eigenvalue weighted by molar-refractivity contribution is 5.95. The third-order valence-electron chi connectivity index (χ3n) is 5.59. The lowest BCUT2D eigenvalue weighted by molar-refractivity contribution is -0.182. The summed E-state index contributed by atoms with van der Waals surface area (Å²) in [5.41, 5.74) is 4.36. The number of fused-ring (bicyclic) bond motifs is 1. The van der Waals surface area contributed by atoms with Crippen molar-refractivity contribution in [2.24, 2.45) is 5.73 Å². The van der Waals surface area contributed by atoms with Crippen LogP contribution in [-0.4, -0.2) is 34.1 Å². The molecule has 0 fully saturated rings. The van der Waals surface area contributed by atoms with Crippen molar-refractivity contribution in [2.75, 3.05) is 12.4 Å². The number of halogens is 3. The number of rotatable bonds is 4. The van der Waals surface area contributed by atoms with Gasteiger partial charge in [-0.1, -0.05) is 12.1 Å². The Kier molecular flexibility index (Phi) is 5.49. The molecule has 2 aromatic heterocycles. The Bertz CT molecular complexity index is 1420. The number of hydrogen-bond acceptors (Lipinski definition) is 6. The number of nitrogens with zero attached hydrogens (tertiary/aromatic N) is 3. The molecule has 1 unspecified atom stereocenters. The van der Waals surface area contributed by atoms with Crippen molar-refractivity contribution in [3.8, 4) is 23.5 Å². The number of benzene rings is 1. The van der Waals surface area contributed by atoms with Crippen LogP contribution in [0.25, 0.3) is 22.2 Å². The van der Waals surface area contributed by atoms with E-state index in [1.807, 2.05) is 0 Å². The monoisotopic (exact) mass is 464 g/mol. The maximum atomic E-state index is 14.4. The van der Waals surface area contributed by atoms with Crippen molar-refractivity contribution in [3.05, 3.63) is 71.2 Å². The number of amides is 1. The van der Waals surface area contributed by atoms with E-state index in [0.717, 1.165) is 12.3 Å². The number of primary amides is 1. The summed E-state index contributed by atoms with van der Waals surface area (Å²) in [6.45, 7) is 1.75. The Morgan fingerprint density at radius 2 is 2.00 bits per heavy atom. The highest BCUT2D eigenvalue weighted by atomic mass is 19.4. The van der Waals surface area contributed by atoms with Crippen LogP contribution < -0.4 is 16.4 Å². The SMILES string of the molecule is C#Cc1nc2nc(NC)ncc2cc1-c1cc(C2(C(F)(F)F)C=C(C(N)=O)C=CN2)ccc1C. The molecule has 1 amide bonds. The van der Waals surface area contributed by atoms with Crippen molar-refractivity contribution in [3.63, 3.8) is 0 Å². The molecular formula is C24H19F3N6O. The summed E-state index contributed by atoms with van der Waals surface area (Å²) in [6.07, 6.45) is 5.50. The molecule has 0 aliphatic carbocycles. The molecule has 0 saturated carbocycles. The molecule has 34 heavy (non-hydrogen) atoms. The first-order valence-electron chi connectivity index (χ1n) is 10.1. The van der Waals surface area contributed by atoms with Crippen molar-refractivity contribution >= 4 is 22.9 Å². The van der Waals surface area contributed by atoms with Crippen LogP contribution in [0, 0.1) is 19.3 Å². The summed E-state index contributed by atoms with van der Waals surface area (Å²) in [5.74, 6) is 1.89. The molecule has 3 aromatic rings. The van der Waals surface area contributed by atoms with Crippen LogP contribution in [0.15, 0.2) is 54.4 Å². The second-order valence-corrected chi connectivity index (χ2v) is 7.66. The van der Waals surface area contributed by atoms with Gasteiger partial charge in [-0.05, 0) is 60.0 Å². The van der Waals surface area contributed by atoms with Gasteiger partial charge < -0.3 is 16.4 Å². The average molecular weight is 464 g/mol. The van der Waals surface area contributed by atoms with E-state index in [0.29, 0.717) is 33.7 Å². The maximum Gasteiger partial charge on any atom is 0.419 e. The number of aromatic nitrogens is 3. The fraction of sp³-hybridized carbons (Fsp3) is 0.167. The number of alkyl halides is 3. The molecule has 7 nitrogen and oxygen atoms in total. The number of hydrogen-bond donors (Lipinski definition) is 3. The summed E-state index contributed by atoms with van der Waals surface area (Å²) >= 11 is 0. The van der Waals surface area contributed by atoms with Gasteiger partial charge in [-0.3, -0.25) is 4.79 Å². The lowest BCUT2D eigenvalue weighted by Gasteiger charge is -2.36. The Morgan fingerprint density at radius 3 is 2.65 bits per heavy atom. The highest BCUT2D eigenvalue weighted by Crippen LogP contribution is 2.44. The number of carbonyl (C=O) groups is 1. The molecule has 4 rings (SSSR count). The Hall–Kier alpha value is -4.39. The fourth-order valence-electron chi connectivity index (χ4n) is 3.79. The lowest BCUT2D eigenvalue weighted by atomic mass is 9.82. The van der Waals surface area contributed by atoms with Crippen LogP contribution in [-0.2, 0) is 10.3 Å². The summed E-state index contributed by atoms with van der Waals surface area (Å²) in [5, 5.41) is 5.75. The number of aryl methyl sites for hydroxylation is 1. The smallest absolute Gasteiger partial charge is 0.371 e. The van der Waals surface area contributed by atoms with Crippen molar-refractivity contribution in [1.82, 2.24) is 20.3 Å². The predicted molar refractivity (Wildman–Crippen MR) is 122 cm³/mol. The molecular weight excluding hydrogens is 445 g/mol. The van der Waals surface area contributed by atoms with Gasteiger partial charge in [0, 0.05) is 29.8 Å². The quantitative estimate of drug-likeness (QED) is 0.512. The van der Waals surface area contributed by atoms with E-state index in [-0.39, 0.29) is 16.8 Å². The van der Waals surface area contributed by atoms with Crippen molar-refractivity contribution < 1.29 is 18.0 Å². The van der Waals surface area contributed by atoms with Crippen LogP contribution in [0.3, 0.4) is 0 Å². The Labute approximate surface area is 193 Å². The standard InChI is InChI=1S/C24H19F3N6O/c1-4-19-18(9-15-12-30-22(29-3)33-21(15)32-19)17-10-16(6-5-13(17)2)23(24(25,26)27)11-14(20(28)34)7-8-31-23/h1,5-12,31H,2-3H3,(H2,28,34)(H,29,30,32,33). The van der Waals surface area contributed by atoms with E-state index < -0.39 is 17.6 Å². The third-order valence-corrected chi connectivity index (χ3v) is 5.59.